The fraction of sp³-hybridized carbons (Fsp3) is 0.176. The maximum Gasteiger partial charge on any atom is 0.166 e. The summed E-state index contributed by atoms with van der Waals surface area (Å²) >= 11 is 0. The van der Waals surface area contributed by atoms with Crippen molar-refractivity contribution >= 4 is 55.8 Å². The van der Waals surface area contributed by atoms with Crippen LogP contribution in [-0.4, -0.2) is 7.28 Å². The van der Waals surface area contributed by atoms with Gasteiger partial charge in [0.1, 0.15) is 0 Å². The first-order valence-electron chi connectivity index (χ1n) is 12.9. The van der Waals surface area contributed by atoms with E-state index in [9.17, 15) is 0 Å². The summed E-state index contributed by atoms with van der Waals surface area (Å²) in [5, 5.41) is 10.6. The molecule has 1 radical (unpaired) electrons. The molecular weight excluding hydrogens is 419 g/mol. The standard InChI is InChI=1S/C34H30B/c1-3-21-34(4-2,32-28-17-9-5-13-24(28)22-25-14-6-10-18-29(25)32)35-33-30-19-11-7-15-26(30)23-27-16-8-12-20-31(27)33/h5-20,22-23H,3-4,21H2,1-2H3. The van der Waals surface area contributed by atoms with Gasteiger partial charge < -0.3 is 0 Å². The summed E-state index contributed by atoms with van der Waals surface area (Å²) in [6.07, 6.45) is 3.29. The molecule has 0 amide bonds. The van der Waals surface area contributed by atoms with Gasteiger partial charge in [-0.2, -0.15) is 0 Å². The Morgan fingerprint density at radius 1 is 0.543 bits per heavy atom. The lowest BCUT2D eigenvalue weighted by Gasteiger charge is -2.36. The van der Waals surface area contributed by atoms with E-state index in [0.717, 1.165) is 19.3 Å². The van der Waals surface area contributed by atoms with Crippen LogP contribution in [0.2, 0.25) is 0 Å². The van der Waals surface area contributed by atoms with Crippen LogP contribution in [0.1, 0.15) is 38.7 Å². The zero-order chi connectivity index (χ0) is 23.8. The third-order valence-corrected chi connectivity index (χ3v) is 7.83. The molecule has 0 fully saturated rings. The van der Waals surface area contributed by atoms with Gasteiger partial charge >= 0.3 is 0 Å². The Kier molecular flexibility index (Phi) is 5.57. The maximum absolute atomic E-state index is 2.63. The number of rotatable bonds is 6. The summed E-state index contributed by atoms with van der Waals surface area (Å²) in [6.45, 7) is 4.70. The summed E-state index contributed by atoms with van der Waals surface area (Å²) in [5.74, 6) is 0. The molecule has 1 heteroatoms. The quantitative estimate of drug-likeness (QED) is 0.176. The molecule has 169 valence electrons. The predicted molar refractivity (Wildman–Crippen MR) is 155 cm³/mol. The van der Waals surface area contributed by atoms with Crippen molar-refractivity contribution in [1.82, 2.24) is 0 Å². The summed E-state index contributed by atoms with van der Waals surface area (Å²) in [4.78, 5) is 0. The normalized spacial score (nSPS) is 13.4. The van der Waals surface area contributed by atoms with Crippen LogP contribution in [0.15, 0.2) is 109 Å². The second-order valence-corrected chi connectivity index (χ2v) is 9.83. The van der Waals surface area contributed by atoms with Crippen LogP contribution in [-0.2, 0) is 5.31 Å². The number of hydrogen-bond donors (Lipinski definition) is 0. The lowest BCUT2D eigenvalue weighted by atomic mass is 9.42. The Labute approximate surface area is 208 Å². The molecule has 1 atom stereocenters. The van der Waals surface area contributed by atoms with Crippen molar-refractivity contribution in [1.29, 1.82) is 0 Å². The van der Waals surface area contributed by atoms with Gasteiger partial charge in [-0.1, -0.05) is 136 Å². The summed E-state index contributed by atoms with van der Waals surface area (Å²) in [6, 6.07) is 40.3. The van der Waals surface area contributed by atoms with E-state index in [4.69, 9.17) is 0 Å². The van der Waals surface area contributed by atoms with Crippen LogP contribution in [0.3, 0.4) is 0 Å². The van der Waals surface area contributed by atoms with E-state index >= 15 is 0 Å². The lowest BCUT2D eigenvalue weighted by molar-refractivity contribution is 0.530. The first-order valence-corrected chi connectivity index (χ1v) is 12.9. The molecule has 0 aromatic heterocycles. The molecule has 0 saturated carbocycles. The first kappa shape index (κ1) is 21.9. The number of benzene rings is 6. The molecular formula is C34H30B. The molecule has 0 spiro atoms. The minimum Gasteiger partial charge on any atom is -0.0713 e. The highest BCUT2D eigenvalue weighted by Crippen LogP contribution is 2.42. The van der Waals surface area contributed by atoms with Gasteiger partial charge in [0.05, 0.1) is 0 Å². The summed E-state index contributed by atoms with van der Waals surface area (Å²) in [7, 11) is 2.63. The van der Waals surface area contributed by atoms with Crippen molar-refractivity contribution < 1.29 is 0 Å². The zero-order valence-corrected chi connectivity index (χ0v) is 20.6. The van der Waals surface area contributed by atoms with Crippen LogP contribution in [0.4, 0.5) is 0 Å². The fourth-order valence-electron chi connectivity index (χ4n) is 6.20. The molecule has 0 aliphatic carbocycles. The average Bonchev–Trinajstić information content (AvgIpc) is 2.91. The molecule has 6 rings (SSSR count). The van der Waals surface area contributed by atoms with Crippen molar-refractivity contribution in [3.8, 4) is 0 Å². The van der Waals surface area contributed by atoms with E-state index in [1.165, 1.54) is 54.1 Å². The smallest absolute Gasteiger partial charge is 0.0713 e. The van der Waals surface area contributed by atoms with E-state index in [0.29, 0.717) is 0 Å². The second-order valence-electron chi connectivity index (χ2n) is 9.83. The van der Waals surface area contributed by atoms with Crippen LogP contribution < -0.4 is 5.46 Å². The molecule has 6 aromatic carbocycles. The molecule has 35 heavy (non-hydrogen) atoms. The molecule has 0 nitrogen and oxygen atoms in total. The highest BCUT2D eigenvalue weighted by molar-refractivity contribution is 6.64. The van der Waals surface area contributed by atoms with Crippen LogP contribution in [0.5, 0.6) is 0 Å². The molecule has 0 saturated heterocycles. The minimum atomic E-state index is -0.0812. The highest BCUT2D eigenvalue weighted by atomic mass is 14.3. The molecule has 0 N–H and O–H groups in total. The van der Waals surface area contributed by atoms with Crippen LogP contribution in [0, 0.1) is 0 Å². The number of fused-ring (bicyclic) bond motifs is 4. The van der Waals surface area contributed by atoms with Crippen molar-refractivity contribution in [2.75, 3.05) is 0 Å². The first-order chi connectivity index (χ1) is 17.2. The Morgan fingerprint density at radius 3 is 1.37 bits per heavy atom. The van der Waals surface area contributed by atoms with Gasteiger partial charge in [0.2, 0.25) is 0 Å². The predicted octanol–water partition coefficient (Wildman–Crippen LogP) is 8.73. The second kappa shape index (κ2) is 8.89. The van der Waals surface area contributed by atoms with Gasteiger partial charge in [0, 0.05) is 0 Å². The van der Waals surface area contributed by atoms with Gasteiger partial charge in [-0.3, -0.25) is 0 Å². The molecule has 6 aromatic rings. The van der Waals surface area contributed by atoms with E-state index in [1.807, 2.05) is 0 Å². The summed E-state index contributed by atoms with van der Waals surface area (Å²) in [5.41, 5.74) is 2.85. The average molecular weight is 449 g/mol. The van der Waals surface area contributed by atoms with Crippen LogP contribution in [0.25, 0.3) is 43.1 Å². The Morgan fingerprint density at radius 2 is 0.943 bits per heavy atom. The van der Waals surface area contributed by atoms with Gasteiger partial charge in [0.25, 0.3) is 0 Å². The Hall–Kier alpha value is -3.58. The van der Waals surface area contributed by atoms with E-state index in [2.05, 4.69) is 130 Å². The molecule has 0 heterocycles. The minimum absolute atomic E-state index is 0.0812. The van der Waals surface area contributed by atoms with Crippen LogP contribution >= 0.6 is 0 Å². The van der Waals surface area contributed by atoms with Crippen molar-refractivity contribution in [2.24, 2.45) is 0 Å². The van der Waals surface area contributed by atoms with Gasteiger partial charge in [-0.15, -0.1) is 0 Å². The maximum atomic E-state index is 2.63. The zero-order valence-electron chi connectivity index (χ0n) is 20.6. The lowest BCUT2D eigenvalue weighted by Crippen LogP contribution is -2.40. The molecule has 0 bridgehead atoms. The molecule has 0 aliphatic rings. The van der Waals surface area contributed by atoms with Gasteiger partial charge in [-0.05, 0) is 66.1 Å². The van der Waals surface area contributed by atoms with Crippen molar-refractivity contribution in [3.63, 3.8) is 0 Å². The van der Waals surface area contributed by atoms with E-state index in [-0.39, 0.29) is 5.31 Å². The fourth-order valence-corrected chi connectivity index (χ4v) is 6.20. The Balaban J connectivity index is 1.71. The van der Waals surface area contributed by atoms with Gasteiger partial charge in [0.15, 0.2) is 7.28 Å². The largest absolute Gasteiger partial charge is 0.166 e. The SMILES string of the molecule is CCCC([B]c1c2ccccc2cc2ccccc12)(CC)c1c2ccccc2cc2ccccc12. The third kappa shape index (κ3) is 3.62. The third-order valence-electron chi connectivity index (χ3n) is 7.83. The van der Waals surface area contributed by atoms with E-state index in [1.54, 1.807) is 0 Å². The monoisotopic (exact) mass is 449 g/mol. The van der Waals surface area contributed by atoms with Crippen molar-refractivity contribution in [2.45, 2.75) is 38.4 Å². The highest BCUT2D eigenvalue weighted by Gasteiger charge is 2.35. The Bertz CT molecular complexity index is 1570. The topological polar surface area (TPSA) is 0 Å². The summed E-state index contributed by atoms with van der Waals surface area (Å²) < 4.78 is 0. The molecule has 0 aliphatic heterocycles. The number of hydrogen-bond acceptors (Lipinski definition) is 0. The molecule has 1 unspecified atom stereocenters. The van der Waals surface area contributed by atoms with E-state index < -0.39 is 0 Å². The van der Waals surface area contributed by atoms with Gasteiger partial charge in [-0.25, -0.2) is 0 Å². The van der Waals surface area contributed by atoms with Crippen molar-refractivity contribution in [3.05, 3.63) is 115 Å².